The van der Waals surface area contributed by atoms with E-state index in [0.29, 0.717) is 6.07 Å². The van der Waals surface area contributed by atoms with E-state index in [0.717, 1.165) is 7.11 Å². The number of methoxy groups -OCH3 is 1. The highest BCUT2D eigenvalue weighted by Crippen LogP contribution is 2.39. The lowest BCUT2D eigenvalue weighted by Crippen LogP contribution is -2.17. The quantitative estimate of drug-likeness (QED) is 0.603. The zero-order valence-corrected chi connectivity index (χ0v) is 11.3. The van der Waals surface area contributed by atoms with Gasteiger partial charge in [-0.3, -0.25) is 4.79 Å². The lowest BCUT2D eigenvalue weighted by atomic mass is 9.98. The smallest absolute Gasteiger partial charge is 0.393 e. The number of hydrogen-bond donors (Lipinski definition) is 0. The van der Waals surface area contributed by atoms with Gasteiger partial charge in [-0.25, -0.2) is 0 Å². The number of benzene rings is 1. The fourth-order valence-corrected chi connectivity index (χ4v) is 2.11. The van der Waals surface area contributed by atoms with Crippen LogP contribution in [0.2, 0.25) is 5.02 Å². The Labute approximate surface area is 120 Å². The Bertz CT molecular complexity index is 536. The maximum atomic E-state index is 12.5. The molecule has 1 aromatic carbocycles. The van der Waals surface area contributed by atoms with E-state index in [1.54, 1.807) is 0 Å². The molecule has 0 aliphatic heterocycles. The van der Waals surface area contributed by atoms with Crippen molar-refractivity contribution in [3.63, 3.8) is 0 Å². The van der Waals surface area contributed by atoms with Crippen molar-refractivity contribution in [1.82, 2.24) is 0 Å². The van der Waals surface area contributed by atoms with E-state index in [9.17, 15) is 31.1 Å². The molecule has 0 amide bonds. The molecule has 0 N–H and O–H groups in total. The minimum Gasteiger partial charge on any atom is -0.495 e. The molecule has 0 aromatic heterocycles. The van der Waals surface area contributed by atoms with E-state index in [1.807, 2.05) is 0 Å². The number of halogens is 7. The van der Waals surface area contributed by atoms with E-state index >= 15 is 0 Å². The molecule has 0 radical (unpaired) electrons. The number of carbonyl (C=O) groups excluding carboxylic acids is 1. The average Bonchev–Trinajstić information content (AvgIpc) is 2.29. The van der Waals surface area contributed by atoms with E-state index < -0.39 is 52.7 Å². The topological polar surface area (TPSA) is 26.3 Å². The van der Waals surface area contributed by atoms with Crippen molar-refractivity contribution in [3.8, 4) is 5.75 Å². The summed E-state index contributed by atoms with van der Waals surface area (Å²) in [6, 6.07) is 0.701. The van der Waals surface area contributed by atoms with Gasteiger partial charge in [0, 0.05) is 11.1 Å². The second-order valence-corrected chi connectivity index (χ2v) is 4.53. The van der Waals surface area contributed by atoms with Crippen LogP contribution >= 0.6 is 11.6 Å². The predicted molar refractivity (Wildman–Crippen MR) is 62.9 cm³/mol. The largest absolute Gasteiger partial charge is 0.495 e. The van der Waals surface area contributed by atoms with Crippen LogP contribution in [0, 0.1) is 0 Å². The molecule has 1 rings (SSSR count). The lowest BCUT2D eigenvalue weighted by Gasteiger charge is -2.18. The highest BCUT2D eigenvalue weighted by molar-refractivity contribution is 6.33. The van der Waals surface area contributed by atoms with Crippen molar-refractivity contribution < 1.29 is 35.9 Å². The molecule has 0 atom stereocenters. The summed E-state index contributed by atoms with van der Waals surface area (Å²) in [5.74, 6) is -0.571. The minimum absolute atomic E-state index is 0.0415. The van der Waals surface area contributed by atoms with E-state index in [-0.39, 0.29) is 6.29 Å². The molecule has 0 fully saturated rings. The number of ether oxygens (including phenoxy) is 1. The molecule has 118 valence electrons. The van der Waals surface area contributed by atoms with Gasteiger partial charge in [-0.1, -0.05) is 11.6 Å². The summed E-state index contributed by atoms with van der Waals surface area (Å²) in [5, 5.41) is -0.584. The van der Waals surface area contributed by atoms with Gasteiger partial charge in [0.25, 0.3) is 0 Å². The molecule has 0 aliphatic carbocycles. The van der Waals surface area contributed by atoms with Crippen LogP contribution < -0.4 is 4.74 Å². The van der Waals surface area contributed by atoms with Gasteiger partial charge in [0.1, 0.15) is 12.0 Å². The molecule has 0 bridgehead atoms. The first-order chi connectivity index (χ1) is 9.48. The van der Waals surface area contributed by atoms with E-state index in [2.05, 4.69) is 4.74 Å². The first kappa shape index (κ1) is 17.6. The third-order valence-corrected chi connectivity index (χ3v) is 2.95. The Morgan fingerprint density at radius 1 is 1.14 bits per heavy atom. The number of aldehydes is 1. The van der Waals surface area contributed by atoms with Crippen molar-refractivity contribution in [3.05, 3.63) is 27.8 Å². The van der Waals surface area contributed by atoms with Gasteiger partial charge in [0.05, 0.1) is 25.0 Å². The van der Waals surface area contributed by atoms with Gasteiger partial charge >= 0.3 is 12.4 Å². The molecule has 0 saturated heterocycles. The van der Waals surface area contributed by atoms with Crippen LogP contribution in [0.25, 0.3) is 0 Å². The van der Waals surface area contributed by atoms with Gasteiger partial charge in [0.15, 0.2) is 0 Å². The van der Waals surface area contributed by atoms with E-state index in [1.165, 1.54) is 0 Å². The van der Waals surface area contributed by atoms with Crippen LogP contribution in [-0.2, 0) is 12.8 Å². The Balaban J connectivity index is 3.46. The van der Waals surface area contributed by atoms with Crippen LogP contribution in [0.4, 0.5) is 26.3 Å². The van der Waals surface area contributed by atoms with Crippen molar-refractivity contribution in [2.24, 2.45) is 0 Å². The highest BCUT2D eigenvalue weighted by Gasteiger charge is 2.34. The Kier molecular flexibility index (Phi) is 5.14. The standard InChI is InChI=1S/C12H9ClF6O2/c1-21-10-8(4-12(17,18)19)7(5-20)2-6(9(10)13)3-11(14,15)16/h2,5H,3-4H2,1H3. The van der Waals surface area contributed by atoms with Crippen molar-refractivity contribution in [1.29, 1.82) is 0 Å². The molecule has 1 aromatic rings. The maximum Gasteiger partial charge on any atom is 0.393 e. The van der Waals surface area contributed by atoms with E-state index in [4.69, 9.17) is 11.6 Å². The monoisotopic (exact) mass is 334 g/mol. The van der Waals surface area contributed by atoms with Crippen LogP contribution in [0.3, 0.4) is 0 Å². The second-order valence-electron chi connectivity index (χ2n) is 4.15. The molecule has 21 heavy (non-hydrogen) atoms. The van der Waals surface area contributed by atoms with Gasteiger partial charge in [0.2, 0.25) is 0 Å². The summed E-state index contributed by atoms with van der Waals surface area (Å²) in [6.07, 6.45) is -12.3. The first-order valence-electron chi connectivity index (χ1n) is 5.45. The molecular weight excluding hydrogens is 326 g/mol. The van der Waals surface area contributed by atoms with Gasteiger partial charge < -0.3 is 4.74 Å². The first-order valence-corrected chi connectivity index (χ1v) is 5.83. The van der Waals surface area contributed by atoms with Crippen LogP contribution in [-0.4, -0.2) is 25.7 Å². The third-order valence-electron chi connectivity index (χ3n) is 2.53. The number of hydrogen-bond acceptors (Lipinski definition) is 2. The van der Waals surface area contributed by atoms with Crippen molar-refractivity contribution in [2.75, 3.05) is 7.11 Å². The number of carbonyl (C=O) groups is 1. The zero-order valence-electron chi connectivity index (χ0n) is 10.5. The summed E-state index contributed by atoms with van der Waals surface area (Å²) >= 11 is 5.67. The summed E-state index contributed by atoms with van der Waals surface area (Å²) in [6.45, 7) is 0. The predicted octanol–water partition coefficient (Wildman–Crippen LogP) is 4.37. The fraction of sp³-hybridized carbons (Fsp3) is 0.417. The van der Waals surface area contributed by atoms with Crippen LogP contribution in [0.5, 0.6) is 5.75 Å². The zero-order chi connectivity index (χ0) is 16.4. The summed E-state index contributed by atoms with van der Waals surface area (Å²) in [7, 11) is 0.965. The molecular formula is C12H9ClF6O2. The molecule has 0 saturated carbocycles. The average molecular weight is 335 g/mol. The summed E-state index contributed by atoms with van der Waals surface area (Å²) < 4.78 is 79.3. The molecule has 0 heterocycles. The van der Waals surface area contributed by atoms with Crippen molar-refractivity contribution in [2.45, 2.75) is 25.2 Å². The molecule has 0 unspecified atom stereocenters. The Morgan fingerprint density at radius 3 is 2.05 bits per heavy atom. The SMILES string of the molecule is COc1c(Cl)c(CC(F)(F)F)cc(C=O)c1CC(F)(F)F. The Morgan fingerprint density at radius 2 is 1.67 bits per heavy atom. The molecule has 0 aliphatic rings. The summed E-state index contributed by atoms with van der Waals surface area (Å²) in [4.78, 5) is 10.9. The van der Waals surface area contributed by atoms with Gasteiger partial charge in [-0.05, 0) is 11.6 Å². The highest BCUT2D eigenvalue weighted by atomic mass is 35.5. The lowest BCUT2D eigenvalue weighted by molar-refractivity contribution is -0.128. The fourth-order valence-electron chi connectivity index (χ4n) is 1.79. The second kappa shape index (κ2) is 6.13. The molecule has 2 nitrogen and oxygen atoms in total. The number of rotatable bonds is 4. The molecule has 0 spiro atoms. The van der Waals surface area contributed by atoms with Crippen molar-refractivity contribution >= 4 is 17.9 Å². The van der Waals surface area contributed by atoms with Crippen LogP contribution in [0.1, 0.15) is 21.5 Å². The van der Waals surface area contributed by atoms with Gasteiger partial charge in [-0.15, -0.1) is 0 Å². The third kappa shape index (κ3) is 4.80. The number of alkyl halides is 6. The minimum atomic E-state index is -4.67. The molecule has 9 heteroatoms. The van der Waals surface area contributed by atoms with Crippen LogP contribution in [0.15, 0.2) is 6.07 Å². The maximum absolute atomic E-state index is 12.5. The summed E-state index contributed by atoms with van der Waals surface area (Å²) in [5.41, 5.74) is -1.64. The Hall–Kier alpha value is -1.44. The normalized spacial score (nSPS) is 12.4. The van der Waals surface area contributed by atoms with Gasteiger partial charge in [-0.2, -0.15) is 26.3 Å².